The van der Waals surface area contributed by atoms with E-state index in [4.69, 9.17) is 0 Å². The van der Waals surface area contributed by atoms with Crippen molar-refractivity contribution in [2.45, 2.75) is 6.04 Å². The van der Waals surface area contributed by atoms with Crippen molar-refractivity contribution in [3.05, 3.63) is 127 Å². The number of carbonyl (C=O) groups is 2. The number of carbonyl (C=O) groups excluding carboxylic acids is 1. The molecule has 1 amide bonds. The fourth-order valence-corrected chi connectivity index (χ4v) is 8.47. The maximum absolute atomic E-state index is 12.9. The van der Waals surface area contributed by atoms with Crippen molar-refractivity contribution in [2.24, 2.45) is 0 Å². The Bertz CT molecular complexity index is 1100. The molecule has 0 aliphatic carbocycles. The van der Waals surface area contributed by atoms with Crippen molar-refractivity contribution < 1.29 is 14.7 Å². The second kappa shape index (κ2) is 10.2. The highest BCUT2D eigenvalue weighted by Gasteiger charge is 2.48. The van der Waals surface area contributed by atoms with E-state index in [1.807, 2.05) is 60.7 Å². The number of amides is 1. The highest BCUT2D eigenvalue weighted by atomic mass is 31.2. The van der Waals surface area contributed by atoms with Crippen LogP contribution >= 0.6 is 7.26 Å². The molecular formula is C28H25NO3P+. The van der Waals surface area contributed by atoms with Gasteiger partial charge in [-0.25, -0.2) is 4.79 Å². The van der Waals surface area contributed by atoms with E-state index in [1.165, 1.54) is 0 Å². The first-order valence-electron chi connectivity index (χ1n) is 10.7. The Morgan fingerprint density at radius 2 is 1.00 bits per heavy atom. The zero-order chi connectivity index (χ0) is 23.1. The van der Waals surface area contributed by atoms with Gasteiger partial charge < -0.3 is 10.4 Å². The van der Waals surface area contributed by atoms with Crippen molar-refractivity contribution in [3.63, 3.8) is 0 Å². The van der Waals surface area contributed by atoms with E-state index in [0.717, 1.165) is 15.9 Å². The zero-order valence-corrected chi connectivity index (χ0v) is 18.9. The minimum absolute atomic E-state index is 0.263. The second-order valence-electron chi connectivity index (χ2n) is 7.73. The zero-order valence-electron chi connectivity index (χ0n) is 18.0. The normalized spacial score (nSPS) is 12.0. The molecule has 4 nitrogen and oxygen atoms in total. The molecule has 0 aliphatic rings. The average molecular weight is 454 g/mol. The molecule has 5 heteroatoms. The van der Waals surface area contributed by atoms with Gasteiger partial charge in [0.2, 0.25) is 0 Å². The molecule has 0 bridgehead atoms. The molecule has 0 saturated carbocycles. The molecule has 1 atom stereocenters. The summed E-state index contributed by atoms with van der Waals surface area (Å²) in [5, 5.41) is 16.2. The van der Waals surface area contributed by atoms with Gasteiger partial charge in [0.1, 0.15) is 29.3 Å². The topological polar surface area (TPSA) is 66.4 Å². The number of rotatable bonds is 8. The van der Waals surface area contributed by atoms with E-state index in [1.54, 1.807) is 24.3 Å². The molecule has 4 aromatic carbocycles. The predicted octanol–water partition coefficient (Wildman–Crippen LogP) is 3.86. The van der Waals surface area contributed by atoms with Crippen molar-refractivity contribution in [1.82, 2.24) is 5.32 Å². The summed E-state index contributed by atoms with van der Waals surface area (Å²) in [5.74, 6) is -1.44. The molecule has 0 spiro atoms. The number of carboxylic acids is 1. The van der Waals surface area contributed by atoms with E-state index in [2.05, 4.69) is 41.7 Å². The number of nitrogens with one attached hydrogen (secondary N) is 1. The maximum Gasteiger partial charge on any atom is 0.330 e. The Balaban J connectivity index is 1.85. The van der Waals surface area contributed by atoms with Crippen LogP contribution in [0.1, 0.15) is 10.4 Å². The van der Waals surface area contributed by atoms with Crippen LogP contribution in [0.25, 0.3) is 0 Å². The van der Waals surface area contributed by atoms with Crippen molar-refractivity contribution in [1.29, 1.82) is 0 Å². The first-order chi connectivity index (χ1) is 16.1. The number of hydrogen-bond acceptors (Lipinski definition) is 2. The summed E-state index contributed by atoms with van der Waals surface area (Å²) in [6.45, 7) is 0. The molecule has 1 unspecified atom stereocenters. The van der Waals surface area contributed by atoms with Crippen LogP contribution in [0.4, 0.5) is 0 Å². The van der Waals surface area contributed by atoms with E-state index < -0.39 is 25.2 Å². The summed E-state index contributed by atoms with van der Waals surface area (Å²) < 4.78 is 0. The number of carboxylic acid groups (broad SMARTS) is 1. The average Bonchev–Trinajstić information content (AvgIpc) is 2.88. The number of benzene rings is 4. The Morgan fingerprint density at radius 1 is 0.636 bits per heavy atom. The highest BCUT2D eigenvalue weighted by molar-refractivity contribution is 7.95. The number of hydrogen-bond donors (Lipinski definition) is 2. The van der Waals surface area contributed by atoms with Gasteiger partial charge in [-0.3, -0.25) is 4.79 Å². The van der Waals surface area contributed by atoms with Crippen molar-refractivity contribution in [2.75, 3.05) is 6.16 Å². The molecule has 0 radical (unpaired) electrons. The molecule has 0 saturated heterocycles. The summed E-state index contributed by atoms with van der Waals surface area (Å²) in [4.78, 5) is 25.3. The summed E-state index contributed by atoms with van der Waals surface area (Å²) in [6, 6.07) is 37.8. The molecule has 33 heavy (non-hydrogen) atoms. The standard InChI is InChI=1S/C28H24NO3P/c30-27(22-13-5-1-6-14-22)29-26(28(31)32)21-33(23-15-7-2-8-16-23,24-17-9-3-10-18-24)25-19-11-4-12-20-25/h1-20,26H,21H2,(H-,29,30,31,32)/p+1. The molecular weight excluding hydrogens is 429 g/mol. The van der Waals surface area contributed by atoms with Crippen LogP contribution < -0.4 is 21.2 Å². The molecule has 0 aromatic heterocycles. The lowest BCUT2D eigenvalue weighted by Crippen LogP contribution is -2.48. The molecule has 4 rings (SSSR count). The van der Waals surface area contributed by atoms with Gasteiger partial charge in [-0.1, -0.05) is 72.8 Å². The highest BCUT2D eigenvalue weighted by Crippen LogP contribution is 2.55. The van der Waals surface area contributed by atoms with Gasteiger partial charge in [0.25, 0.3) is 5.91 Å². The van der Waals surface area contributed by atoms with Gasteiger partial charge in [0.05, 0.1) is 0 Å². The quantitative estimate of drug-likeness (QED) is 0.398. The van der Waals surface area contributed by atoms with Crippen LogP contribution in [-0.4, -0.2) is 29.2 Å². The van der Waals surface area contributed by atoms with Crippen molar-refractivity contribution >= 4 is 35.1 Å². The summed E-state index contributed by atoms with van der Waals surface area (Å²) in [5.41, 5.74) is 0.437. The summed E-state index contributed by atoms with van der Waals surface area (Å²) in [6.07, 6.45) is 0.263. The van der Waals surface area contributed by atoms with Gasteiger partial charge >= 0.3 is 5.97 Å². The van der Waals surface area contributed by atoms with Gasteiger partial charge in [0, 0.05) is 5.56 Å². The summed E-state index contributed by atoms with van der Waals surface area (Å²) >= 11 is 0. The first kappa shape index (κ1) is 22.4. The van der Waals surface area contributed by atoms with E-state index in [9.17, 15) is 14.7 Å². The summed E-state index contributed by atoms with van der Waals surface area (Å²) in [7, 11) is -2.41. The third-order valence-electron chi connectivity index (χ3n) is 5.69. The Labute approximate surface area is 194 Å². The smallest absolute Gasteiger partial charge is 0.330 e. The minimum atomic E-state index is -2.41. The fourth-order valence-electron chi connectivity index (χ4n) is 4.10. The Morgan fingerprint density at radius 3 is 1.36 bits per heavy atom. The molecule has 0 aliphatic heterocycles. The van der Waals surface area contributed by atoms with E-state index in [-0.39, 0.29) is 6.16 Å². The lowest BCUT2D eigenvalue weighted by Gasteiger charge is -2.30. The van der Waals surface area contributed by atoms with E-state index >= 15 is 0 Å². The van der Waals surface area contributed by atoms with Gasteiger partial charge in [-0.2, -0.15) is 0 Å². The minimum Gasteiger partial charge on any atom is -0.480 e. The van der Waals surface area contributed by atoms with Crippen LogP contribution in [0.2, 0.25) is 0 Å². The monoisotopic (exact) mass is 454 g/mol. The Kier molecular flexibility index (Phi) is 6.97. The first-order valence-corrected chi connectivity index (χ1v) is 12.7. The van der Waals surface area contributed by atoms with Crippen LogP contribution in [0.15, 0.2) is 121 Å². The third-order valence-corrected chi connectivity index (χ3v) is 10.1. The molecule has 4 aromatic rings. The largest absolute Gasteiger partial charge is 0.480 e. The van der Waals surface area contributed by atoms with Gasteiger partial charge in [0.15, 0.2) is 6.04 Å². The van der Waals surface area contributed by atoms with Crippen LogP contribution in [0.3, 0.4) is 0 Å². The Hall–Kier alpha value is -3.75. The second-order valence-corrected chi connectivity index (χ2v) is 11.3. The molecule has 164 valence electrons. The lowest BCUT2D eigenvalue weighted by molar-refractivity contribution is -0.138. The third kappa shape index (κ3) is 4.87. The maximum atomic E-state index is 12.9. The molecule has 2 N–H and O–H groups in total. The van der Waals surface area contributed by atoms with Crippen LogP contribution in [-0.2, 0) is 4.79 Å². The van der Waals surface area contributed by atoms with Crippen LogP contribution in [0.5, 0.6) is 0 Å². The van der Waals surface area contributed by atoms with Crippen molar-refractivity contribution in [3.8, 4) is 0 Å². The van der Waals surface area contributed by atoms with Crippen LogP contribution in [0, 0.1) is 0 Å². The predicted molar refractivity (Wildman–Crippen MR) is 135 cm³/mol. The SMILES string of the molecule is O=C(NC(C[P+](c1ccccc1)(c1ccccc1)c1ccccc1)C(=O)O)c1ccccc1. The van der Waals surface area contributed by atoms with Gasteiger partial charge in [-0.05, 0) is 48.5 Å². The van der Waals surface area contributed by atoms with Gasteiger partial charge in [-0.15, -0.1) is 0 Å². The number of aliphatic carboxylic acids is 1. The fraction of sp³-hybridized carbons (Fsp3) is 0.0714. The van der Waals surface area contributed by atoms with E-state index in [0.29, 0.717) is 5.56 Å². The molecule has 0 fully saturated rings. The lowest BCUT2D eigenvalue weighted by atomic mass is 10.2. The molecule has 0 heterocycles.